The van der Waals surface area contributed by atoms with Crippen molar-refractivity contribution in [2.24, 2.45) is 11.7 Å². The molecule has 2 rings (SSSR count). The molecule has 7 heteroatoms. The molecular weight excluding hydrogens is 325 g/mol. The summed E-state index contributed by atoms with van der Waals surface area (Å²) in [5.74, 6) is -0.266. The van der Waals surface area contributed by atoms with Gasteiger partial charge < -0.3 is 15.5 Å². The van der Waals surface area contributed by atoms with Gasteiger partial charge in [0.15, 0.2) is 0 Å². The number of carbonyl (C=O) groups is 2. The summed E-state index contributed by atoms with van der Waals surface area (Å²) in [5, 5.41) is 0.864. The van der Waals surface area contributed by atoms with Crippen LogP contribution in [0.3, 0.4) is 0 Å². The van der Waals surface area contributed by atoms with Crippen LogP contribution in [-0.4, -0.2) is 54.3 Å². The predicted octanol–water partition coefficient (Wildman–Crippen LogP) is 1.87. The highest BCUT2D eigenvalue weighted by atomic mass is 35.5. The second kappa shape index (κ2) is 7.31. The molecule has 0 saturated carbocycles. The molecule has 0 radical (unpaired) electrons. The van der Waals surface area contributed by atoms with Crippen molar-refractivity contribution in [3.63, 3.8) is 0 Å². The van der Waals surface area contributed by atoms with Gasteiger partial charge in [-0.1, -0.05) is 30.1 Å². The molecule has 2 amide bonds. The van der Waals surface area contributed by atoms with Crippen LogP contribution in [0.4, 0.5) is 0 Å². The van der Waals surface area contributed by atoms with Gasteiger partial charge in [0.25, 0.3) is 5.91 Å². The van der Waals surface area contributed by atoms with Crippen LogP contribution in [0.5, 0.6) is 0 Å². The van der Waals surface area contributed by atoms with Crippen molar-refractivity contribution < 1.29 is 9.59 Å². The van der Waals surface area contributed by atoms with Gasteiger partial charge in [-0.3, -0.25) is 9.59 Å². The van der Waals surface area contributed by atoms with Crippen LogP contribution in [0.15, 0.2) is 18.2 Å². The molecule has 0 spiro atoms. The Morgan fingerprint density at radius 2 is 1.59 bits per heavy atom. The lowest BCUT2D eigenvalue weighted by molar-refractivity contribution is -0.136. The van der Waals surface area contributed by atoms with Gasteiger partial charge in [-0.25, -0.2) is 0 Å². The smallest absolute Gasteiger partial charge is 0.254 e. The third kappa shape index (κ3) is 3.91. The van der Waals surface area contributed by atoms with E-state index in [-0.39, 0.29) is 17.7 Å². The van der Waals surface area contributed by atoms with E-state index in [4.69, 9.17) is 28.9 Å². The molecule has 1 aromatic rings. The number of benzene rings is 1. The Kier molecular flexibility index (Phi) is 5.67. The maximum Gasteiger partial charge on any atom is 0.254 e. The molecule has 5 nitrogen and oxygen atoms in total. The average Bonchev–Trinajstić information content (AvgIpc) is 2.52. The predicted molar refractivity (Wildman–Crippen MR) is 87.2 cm³/mol. The van der Waals surface area contributed by atoms with Crippen molar-refractivity contribution in [1.29, 1.82) is 0 Å². The van der Waals surface area contributed by atoms with Crippen LogP contribution < -0.4 is 5.73 Å². The number of halogens is 2. The second-order valence-corrected chi connectivity index (χ2v) is 6.29. The van der Waals surface area contributed by atoms with Gasteiger partial charge in [-0.15, -0.1) is 0 Å². The fourth-order valence-electron chi connectivity index (χ4n) is 2.40. The van der Waals surface area contributed by atoms with Crippen molar-refractivity contribution in [2.45, 2.75) is 6.92 Å². The molecule has 22 heavy (non-hydrogen) atoms. The molecule has 1 saturated heterocycles. The Bertz CT molecular complexity index is 552. The van der Waals surface area contributed by atoms with E-state index in [1.807, 2.05) is 6.92 Å². The lowest BCUT2D eigenvalue weighted by Gasteiger charge is -2.36. The molecule has 1 fully saturated rings. The highest BCUT2D eigenvalue weighted by molar-refractivity contribution is 6.35. The molecule has 120 valence electrons. The Morgan fingerprint density at radius 3 is 2.09 bits per heavy atom. The molecule has 0 bridgehead atoms. The Hall–Kier alpha value is -1.30. The van der Waals surface area contributed by atoms with Crippen LogP contribution in [0.25, 0.3) is 0 Å². The van der Waals surface area contributed by atoms with E-state index in [9.17, 15) is 9.59 Å². The summed E-state index contributed by atoms with van der Waals surface area (Å²) >= 11 is 11.9. The summed E-state index contributed by atoms with van der Waals surface area (Å²) in [7, 11) is 0. The summed E-state index contributed by atoms with van der Waals surface area (Å²) in [5.41, 5.74) is 5.99. The standard InChI is InChI=1S/C15H19Cl2N3O2/c1-10(9-18)14(21)19-2-4-20(5-3-19)15(22)11-6-12(16)8-13(17)7-11/h6-8,10H,2-5,9,18H2,1H3. The average molecular weight is 344 g/mol. The number of rotatable bonds is 3. The van der Waals surface area contributed by atoms with Crippen LogP contribution in [-0.2, 0) is 4.79 Å². The fourth-order valence-corrected chi connectivity index (χ4v) is 2.93. The lowest BCUT2D eigenvalue weighted by atomic mass is 10.1. The summed E-state index contributed by atoms with van der Waals surface area (Å²) in [6.45, 7) is 4.16. The molecule has 1 heterocycles. The topological polar surface area (TPSA) is 66.6 Å². The van der Waals surface area contributed by atoms with E-state index in [0.717, 1.165) is 0 Å². The first-order valence-electron chi connectivity index (χ1n) is 7.16. The zero-order chi connectivity index (χ0) is 16.3. The molecular formula is C15H19Cl2N3O2. The van der Waals surface area contributed by atoms with E-state index in [1.54, 1.807) is 28.0 Å². The van der Waals surface area contributed by atoms with Gasteiger partial charge in [0, 0.05) is 54.3 Å². The Morgan fingerprint density at radius 1 is 1.09 bits per heavy atom. The van der Waals surface area contributed by atoms with Gasteiger partial charge in [0.05, 0.1) is 0 Å². The first-order valence-corrected chi connectivity index (χ1v) is 7.92. The number of amides is 2. The van der Waals surface area contributed by atoms with Crippen LogP contribution >= 0.6 is 23.2 Å². The SMILES string of the molecule is CC(CN)C(=O)N1CCN(C(=O)c2cc(Cl)cc(Cl)c2)CC1. The third-order valence-corrected chi connectivity index (χ3v) is 4.20. The first kappa shape index (κ1) is 17.1. The lowest BCUT2D eigenvalue weighted by Crippen LogP contribution is -2.52. The van der Waals surface area contributed by atoms with Gasteiger partial charge in [-0.2, -0.15) is 0 Å². The van der Waals surface area contributed by atoms with E-state index in [0.29, 0.717) is 48.3 Å². The number of piperazine rings is 1. The summed E-state index contributed by atoms with van der Waals surface area (Å²) in [6, 6.07) is 4.79. The van der Waals surface area contributed by atoms with Crippen LogP contribution in [0.1, 0.15) is 17.3 Å². The van der Waals surface area contributed by atoms with Crippen molar-refractivity contribution >= 4 is 35.0 Å². The Labute approximate surface area is 139 Å². The van der Waals surface area contributed by atoms with E-state index in [1.165, 1.54) is 0 Å². The minimum atomic E-state index is -0.186. The minimum Gasteiger partial charge on any atom is -0.339 e. The molecule has 0 aromatic heterocycles. The quantitative estimate of drug-likeness (QED) is 0.910. The van der Waals surface area contributed by atoms with Gasteiger partial charge in [0.2, 0.25) is 5.91 Å². The number of carbonyl (C=O) groups excluding carboxylic acids is 2. The summed E-state index contributed by atoms with van der Waals surface area (Å²) in [6.07, 6.45) is 0. The minimum absolute atomic E-state index is 0.0420. The monoisotopic (exact) mass is 343 g/mol. The molecule has 1 aliphatic rings. The Balaban J connectivity index is 1.99. The van der Waals surface area contributed by atoms with Gasteiger partial charge in [-0.05, 0) is 18.2 Å². The van der Waals surface area contributed by atoms with E-state index >= 15 is 0 Å². The van der Waals surface area contributed by atoms with Gasteiger partial charge >= 0.3 is 0 Å². The molecule has 1 aromatic carbocycles. The molecule has 0 aliphatic carbocycles. The fraction of sp³-hybridized carbons (Fsp3) is 0.467. The van der Waals surface area contributed by atoms with Crippen LogP contribution in [0.2, 0.25) is 10.0 Å². The molecule has 1 atom stereocenters. The highest BCUT2D eigenvalue weighted by Gasteiger charge is 2.27. The van der Waals surface area contributed by atoms with Crippen LogP contribution in [0, 0.1) is 5.92 Å². The zero-order valence-electron chi connectivity index (χ0n) is 12.4. The van der Waals surface area contributed by atoms with Crippen molar-refractivity contribution in [3.05, 3.63) is 33.8 Å². The first-order chi connectivity index (χ1) is 10.4. The largest absolute Gasteiger partial charge is 0.339 e. The number of nitrogens with two attached hydrogens (primary N) is 1. The van der Waals surface area contributed by atoms with Crippen molar-refractivity contribution in [2.75, 3.05) is 32.7 Å². The second-order valence-electron chi connectivity index (χ2n) is 5.41. The zero-order valence-corrected chi connectivity index (χ0v) is 13.9. The van der Waals surface area contributed by atoms with E-state index < -0.39 is 0 Å². The molecule has 2 N–H and O–H groups in total. The molecule has 1 unspecified atom stereocenters. The maximum absolute atomic E-state index is 12.5. The molecule has 1 aliphatic heterocycles. The maximum atomic E-state index is 12.5. The van der Waals surface area contributed by atoms with E-state index in [2.05, 4.69) is 0 Å². The van der Waals surface area contributed by atoms with Crippen molar-refractivity contribution in [1.82, 2.24) is 9.80 Å². The number of hydrogen-bond donors (Lipinski definition) is 1. The normalized spacial score (nSPS) is 16.5. The summed E-state index contributed by atoms with van der Waals surface area (Å²) in [4.78, 5) is 28.0. The third-order valence-electron chi connectivity index (χ3n) is 3.76. The number of hydrogen-bond acceptors (Lipinski definition) is 3. The summed E-state index contributed by atoms with van der Waals surface area (Å²) < 4.78 is 0. The van der Waals surface area contributed by atoms with Gasteiger partial charge in [0.1, 0.15) is 0 Å². The van der Waals surface area contributed by atoms with Crippen molar-refractivity contribution in [3.8, 4) is 0 Å². The highest BCUT2D eigenvalue weighted by Crippen LogP contribution is 2.21. The number of nitrogens with zero attached hydrogens (tertiary/aromatic N) is 2.